The maximum Gasteiger partial charge on any atom is 0.313 e. The molecule has 2 aliphatic heterocycles. The Morgan fingerprint density at radius 2 is 1.56 bits per heavy atom. The van der Waals surface area contributed by atoms with E-state index in [1.54, 1.807) is 18.2 Å². The van der Waals surface area contributed by atoms with Crippen molar-refractivity contribution < 1.29 is 48.5 Å². The molecule has 10 heteroatoms. The van der Waals surface area contributed by atoms with Gasteiger partial charge in [0.05, 0.1) is 21.3 Å². The molecule has 3 aromatic carbocycles. The van der Waals surface area contributed by atoms with Gasteiger partial charge in [0.2, 0.25) is 0 Å². The minimum Gasteiger partial charge on any atom is -0.508 e. The van der Waals surface area contributed by atoms with Gasteiger partial charge >= 0.3 is 5.97 Å². The Balaban J connectivity index is 0.00000172. The van der Waals surface area contributed by atoms with E-state index in [1.807, 2.05) is 19.9 Å². The van der Waals surface area contributed by atoms with Crippen molar-refractivity contribution in [1.82, 2.24) is 0 Å². The second kappa shape index (κ2) is 11.5. The van der Waals surface area contributed by atoms with Gasteiger partial charge in [0.15, 0.2) is 11.5 Å². The molecule has 0 saturated carbocycles. The molecule has 208 valence electrons. The number of hydrogen-bond acceptors (Lipinski definition) is 10. The van der Waals surface area contributed by atoms with Gasteiger partial charge in [-0.2, -0.15) is 0 Å². The number of carbonyl (C=O) groups excluding carboxylic acids is 1. The summed E-state index contributed by atoms with van der Waals surface area (Å²) in [5.74, 6) is 0.537. The van der Waals surface area contributed by atoms with Crippen molar-refractivity contribution >= 4 is 5.97 Å². The third-order valence-corrected chi connectivity index (χ3v) is 6.49. The van der Waals surface area contributed by atoms with E-state index in [0.29, 0.717) is 40.5 Å². The first-order valence-electron chi connectivity index (χ1n) is 12.5. The van der Waals surface area contributed by atoms with E-state index >= 15 is 0 Å². The number of phenols is 3. The van der Waals surface area contributed by atoms with Crippen LogP contribution < -0.4 is 23.7 Å². The first-order chi connectivity index (χ1) is 18.8. The average Bonchev–Trinajstić information content (AvgIpc) is 3.34. The number of esters is 1. The van der Waals surface area contributed by atoms with Crippen LogP contribution in [0, 0.1) is 0 Å². The van der Waals surface area contributed by atoms with E-state index in [9.17, 15) is 20.1 Å². The summed E-state index contributed by atoms with van der Waals surface area (Å²) in [4.78, 5) is 11.6. The van der Waals surface area contributed by atoms with Gasteiger partial charge in [0.25, 0.3) is 6.29 Å². The molecule has 5 rings (SSSR count). The van der Waals surface area contributed by atoms with Gasteiger partial charge in [-0.05, 0) is 17.7 Å². The number of phenolic OH excluding ortho intramolecular Hbond substituents is 3. The molecule has 3 atom stereocenters. The van der Waals surface area contributed by atoms with E-state index < -0.39 is 24.3 Å². The fourth-order valence-corrected chi connectivity index (χ4v) is 4.79. The number of carbonyl (C=O) groups is 1. The molecule has 2 aliphatic rings. The van der Waals surface area contributed by atoms with Gasteiger partial charge in [-0.15, -0.1) is 0 Å². The molecular weight excluding hydrogens is 508 g/mol. The monoisotopic (exact) mass is 540 g/mol. The number of aromatic hydroxyl groups is 3. The van der Waals surface area contributed by atoms with E-state index in [4.69, 9.17) is 23.7 Å². The van der Waals surface area contributed by atoms with Crippen LogP contribution in [0.1, 0.15) is 55.4 Å². The summed E-state index contributed by atoms with van der Waals surface area (Å²) in [6.45, 7) is 4.00. The predicted molar refractivity (Wildman–Crippen MR) is 140 cm³/mol. The van der Waals surface area contributed by atoms with Gasteiger partial charge in [-0.3, -0.25) is 4.79 Å². The van der Waals surface area contributed by atoms with Crippen LogP contribution in [-0.2, 0) is 9.53 Å². The van der Waals surface area contributed by atoms with Crippen molar-refractivity contribution in [3.8, 4) is 46.0 Å². The molecule has 0 spiro atoms. The molecule has 2 heterocycles. The van der Waals surface area contributed by atoms with E-state index in [0.717, 1.165) is 5.56 Å². The molecule has 2 unspecified atom stereocenters. The SMILES string of the molecule is CC.COC(=O)CC1Oc2ccc([C@@H]3CC(c4c(O)cc(OC)cc4OC)c4c(O)cc(O)cc4O3)cc2O1. The quantitative estimate of drug-likeness (QED) is 0.360. The summed E-state index contributed by atoms with van der Waals surface area (Å²) >= 11 is 0. The molecule has 0 amide bonds. The molecule has 3 aromatic rings. The van der Waals surface area contributed by atoms with Crippen molar-refractivity contribution in [2.75, 3.05) is 21.3 Å². The third-order valence-electron chi connectivity index (χ3n) is 6.49. The molecule has 0 aliphatic carbocycles. The number of ether oxygens (including phenoxy) is 6. The highest BCUT2D eigenvalue weighted by atomic mass is 16.7. The molecule has 0 radical (unpaired) electrons. The lowest BCUT2D eigenvalue weighted by molar-refractivity contribution is -0.145. The van der Waals surface area contributed by atoms with Gasteiger partial charge < -0.3 is 43.7 Å². The molecule has 3 N–H and O–H groups in total. The zero-order valence-electron chi connectivity index (χ0n) is 22.4. The van der Waals surface area contributed by atoms with Crippen LogP contribution in [0.3, 0.4) is 0 Å². The van der Waals surface area contributed by atoms with Gasteiger partial charge in [-0.1, -0.05) is 19.9 Å². The lowest BCUT2D eigenvalue weighted by Gasteiger charge is -2.34. The van der Waals surface area contributed by atoms with E-state index in [-0.39, 0.29) is 29.4 Å². The number of rotatable bonds is 6. The van der Waals surface area contributed by atoms with Crippen LogP contribution in [0.2, 0.25) is 0 Å². The zero-order valence-corrected chi connectivity index (χ0v) is 22.4. The van der Waals surface area contributed by atoms with Crippen molar-refractivity contribution in [1.29, 1.82) is 0 Å². The molecule has 39 heavy (non-hydrogen) atoms. The Hall–Kier alpha value is -4.47. The third kappa shape index (κ3) is 5.41. The van der Waals surface area contributed by atoms with E-state index in [2.05, 4.69) is 4.74 Å². The zero-order chi connectivity index (χ0) is 28.3. The van der Waals surface area contributed by atoms with Crippen LogP contribution in [-0.4, -0.2) is 48.9 Å². The molecule has 0 fully saturated rings. The molecular formula is C29H32O10. The van der Waals surface area contributed by atoms with Crippen LogP contribution in [0.25, 0.3) is 0 Å². The number of benzene rings is 3. The maximum atomic E-state index is 11.6. The van der Waals surface area contributed by atoms with Crippen molar-refractivity contribution in [3.05, 3.63) is 59.2 Å². The number of methoxy groups -OCH3 is 3. The fourth-order valence-electron chi connectivity index (χ4n) is 4.79. The summed E-state index contributed by atoms with van der Waals surface area (Å²) in [6, 6.07) is 11.1. The molecule has 0 bridgehead atoms. The van der Waals surface area contributed by atoms with Crippen molar-refractivity contribution in [2.24, 2.45) is 0 Å². The Morgan fingerprint density at radius 1 is 0.846 bits per heavy atom. The second-order valence-corrected chi connectivity index (χ2v) is 8.69. The van der Waals surface area contributed by atoms with Gasteiger partial charge in [-0.25, -0.2) is 0 Å². The van der Waals surface area contributed by atoms with Gasteiger partial charge in [0, 0.05) is 47.7 Å². The summed E-state index contributed by atoms with van der Waals surface area (Å²) < 4.78 is 33.2. The maximum absolute atomic E-state index is 11.6. The van der Waals surface area contributed by atoms with Crippen LogP contribution in [0.5, 0.6) is 46.0 Å². The van der Waals surface area contributed by atoms with Crippen LogP contribution in [0.4, 0.5) is 0 Å². The molecule has 0 saturated heterocycles. The predicted octanol–water partition coefficient (Wildman–Crippen LogP) is 5.16. The Bertz CT molecular complexity index is 1350. The summed E-state index contributed by atoms with van der Waals surface area (Å²) in [7, 11) is 4.26. The largest absolute Gasteiger partial charge is 0.508 e. The van der Waals surface area contributed by atoms with Crippen LogP contribution in [0.15, 0.2) is 42.5 Å². The molecule has 10 nitrogen and oxygen atoms in total. The minimum atomic E-state index is -0.798. The Labute approximate surface area is 226 Å². The minimum absolute atomic E-state index is 0.0645. The number of fused-ring (bicyclic) bond motifs is 2. The fraction of sp³-hybridized carbons (Fsp3) is 0.345. The highest BCUT2D eigenvalue weighted by Gasteiger charge is 2.37. The van der Waals surface area contributed by atoms with E-state index in [1.165, 1.54) is 39.5 Å². The smallest absolute Gasteiger partial charge is 0.313 e. The van der Waals surface area contributed by atoms with Crippen molar-refractivity contribution in [2.45, 2.75) is 45.0 Å². The Kier molecular flexibility index (Phi) is 8.13. The second-order valence-electron chi connectivity index (χ2n) is 8.69. The van der Waals surface area contributed by atoms with Crippen molar-refractivity contribution in [3.63, 3.8) is 0 Å². The topological polar surface area (TPSA) is 133 Å². The molecule has 0 aromatic heterocycles. The summed E-state index contributed by atoms with van der Waals surface area (Å²) in [5, 5.41) is 31.9. The van der Waals surface area contributed by atoms with Gasteiger partial charge in [0.1, 0.15) is 47.0 Å². The lowest BCUT2D eigenvalue weighted by Crippen LogP contribution is -2.22. The normalized spacial score (nSPS) is 18.6. The highest BCUT2D eigenvalue weighted by molar-refractivity contribution is 5.70. The van der Waals surface area contributed by atoms with Crippen LogP contribution >= 0.6 is 0 Å². The lowest BCUT2D eigenvalue weighted by atomic mass is 9.81. The average molecular weight is 541 g/mol. The standard InChI is InChI=1S/C27H26O10.C2H6/c1-32-15-9-18(30)26(22(10-15)33-2)16-11-20(35-23-8-14(28)7-17(29)27(16)23)13-4-5-19-21(6-13)37-25(36-19)12-24(31)34-3;1-2/h4-10,16,20,25,28-30H,11-12H2,1-3H3;1-2H3/t16?,20-,25?;/m0./s1. The Morgan fingerprint density at radius 3 is 2.26 bits per heavy atom. The first kappa shape index (κ1) is 27.6. The summed E-state index contributed by atoms with van der Waals surface area (Å²) in [6.07, 6.45) is -1.11. The highest BCUT2D eigenvalue weighted by Crippen LogP contribution is 2.54. The summed E-state index contributed by atoms with van der Waals surface area (Å²) in [5.41, 5.74) is 1.58. The number of hydrogen-bond donors (Lipinski definition) is 3. The first-order valence-corrected chi connectivity index (χ1v) is 12.5.